The Morgan fingerprint density at radius 1 is 1.09 bits per heavy atom. The summed E-state index contributed by atoms with van der Waals surface area (Å²) in [4.78, 5) is 16.0. The molecule has 0 saturated carbocycles. The van der Waals surface area contributed by atoms with Crippen LogP contribution in [0.3, 0.4) is 0 Å². The van der Waals surface area contributed by atoms with Gasteiger partial charge in [0.25, 0.3) is 0 Å². The van der Waals surface area contributed by atoms with Crippen LogP contribution in [-0.4, -0.2) is 57.2 Å². The number of ether oxygens (including phenoxy) is 1. The summed E-state index contributed by atoms with van der Waals surface area (Å²) >= 11 is 0. The summed E-state index contributed by atoms with van der Waals surface area (Å²) in [5.74, 6) is 0. The first-order valence-electron chi connectivity index (χ1n) is 12.4. The van der Waals surface area contributed by atoms with Crippen LogP contribution in [0.15, 0.2) is 30.6 Å². The molecule has 8 heteroatoms. The first-order chi connectivity index (χ1) is 16.7. The SMILES string of the molecule is Cn1cc(N2CCCc3c(cccc3-c3nn(C4CCOCC4)c4c3CN(C=O)CC4)C2)cn1. The molecule has 1 fully saturated rings. The maximum Gasteiger partial charge on any atom is 0.210 e. The van der Waals surface area contributed by atoms with Crippen molar-refractivity contribution in [3.8, 4) is 11.3 Å². The number of amides is 1. The van der Waals surface area contributed by atoms with Crippen LogP contribution in [0.25, 0.3) is 11.3 Å². The Labute approximate surface area is 200 Å². The second-order valence-electron chi connectivity index (χ2n) is 9.73. The number of hydrogen-bond acceptors (Lipinski definition) is 5. The highest BCUT2D eigenvalue weighted by molar-refractivity contribution is 5.71. The maximum atomic E-state index is 11.6. The highest BCUT2D eigenvalue weighted by Crippen LogP contribution is 2.37. The van der Waals surface area contributed by atoms with E-state index >= 15 is 0 Å². The Bertz CT molecular complexity index is 1190. The van der Waals surface area contributed by atoms with Gasteiger partial charge >= 0.3 is 0 Å². The number of fused-ring (bicyclic) bond motifs is 2. The number of aryl methyl sites for hydroxylation is 1. The molecule has 1 saturated heterocycles. The molecule has 0 atom stereocenters. The summed E-state index contributed by atoms with van der Waals surface area (Å²) in [5, 5.41) is 9.64. The van der Waals surface area contributed by atoms with Crippen molar-refractivity contribution in [3.05, 3.63) is 53.0 Å². The van der Waals surface area contributed by atoms with E-state index in [0.717, 1.165) is 77.1 Å². The molecule has 0 radical (unpaired) electrons. The smallest absolute Gasteiger partial charge is 0.210 e. The van der Waals surface area contributed by atoms with Gasteiger partial charge in [-0.15, -0.1) is 0 Å². The molecule has 0 spiro atoms. The normalized spacial score (nSPS) is 19.0. The lowest BCUT2D eigenvalue weighted by Crippen LogP contribution is -2.31. The van der Waals surface area contributed by atoms with Gasteiger partial charge in [-0.2, -0.15) is 10.2 Å². The molecule has 178 valence electrons. The zero-order valence-electron chi connectivity index (χ0n) is 19.8. The van der Waals surface area contributed by atoms with E-state index in [1.54, 1.807) is 0 Å². The van der Waals surface area contributed by atoms with E-state index in [0.29, 0.717) is 12.6 Å². The van der Waals surface area contributed by atoms with E-state index in [9.17, 15) is 4.79 Å². The Morgan fingerprint density at radius 3 is 2.76 bits per heavy atom. The maximum absolute atomic E-state index is 11.6. The van der Waals surface area contributed by atoms with Gasteiger partial charge in [0.2, 0.25) is 6.41 Å². The summed E-state index contributed by atoms with van der Waals surface area (Å²) < 4.78 is 9.77. The van der Waals surface area contributed by atoms with Gasteiger partial charge in [0.1, 0.15) is 0 Å². The largest absolute Gasteiger partial charge is 0.381 e. The average Bonchev–Trinajstić information content (AvgIpc) is 3.40. The Balaban J connectivity index is 1.42. The number of carbonyl (C=O) groups is 1. The fraction of sp³-hybridized carbons (Fsp3) is 0.500. The number of aromatic nitrogens is 4. The van der Waals surface area contributed by atoms with E-state index in [1.165, 1.54) is 33.6 Å². The molecule has 0 N–H and O–H groups in total. The quantitative estimate of drug-likeness (QED) is 0.560. The topological polar surface area (TPSA) is 68.4 Å². The monoisotopic (exact) mass is 460 g/mol. The summed E-state index contributed by atoms with van der Waals surface area (Å²) in [5.41, 5.74) is 8.77. The van der Waals surface area contributed by atoms with Crippen LogP contribution in [0.2, 0.25) is 0 Å². The third-order valence-corrected chi connectivity index (χ3v) is 7.60. The van der Waals surface area contributed by atoms with Gasteiger partial charge < -0.3 is 14.5 Å². The zero-order valence-corrected chi connectivity index (χ0v) is 19.8. The molecule has 0 unspecified atom stereocenters. The van der Waals surface area contributed by atoms with Crippen molar-refractivity contribution in [2.24, 2.45) is 7.05 Å². The van der Waals surface area contributed by atoms with Crippen molar-refractivity contribution < 1.29 is 9.53 Å². The molecule has 0 bridgehead atoms. The minimum absolute atomic E-state index is 0.377. The van der Waals surface area contributed by atoms with Crippen LogP contribution in [0.1, 0.15) is 47.7 Å². The van der Waals surface area contributed by atoms with Crippen LogP contribution < -0.4 is 4.90 Å². The van der Waals surface area contributed by atoms with Crippen molar-refractivity contribution >= 4 is 12.1 Å². The van der Waals surface area contributed by atoms with Gasteiger partial charge in [0.05, 0.1) is 23.6 Å². The second kappa shape index (κ2) is 8.91. The highest BCUT2D eigenvalue weighted by Gasteiger charge is 2.30. The van der Waals surface area contributed by atoms with Crippen molar-refractivity contribution in [1.82, 2.24) is 24.5 Å². The molecule has 3 aliphatic rings. The van der Waals surface area contributed by atoms with Crippen molar-refractivity contribution in [3.63, 3.8) is 0 Å². The summed E-state index contributed by atoms with van der Waals surface area (Å²) in [6.45, 7) is 4.87. The van der Waals surface area contributed by atoms with Crippen LogP contribution in [-0.2, 0) is 42.5 Å². The van der Waals surface area contributed by atoms with E-state index in [4.69, 9.17) is 9.84 Å². The Kier molecular flexibility index (Phi) is 5.61. The summed E-state index contributed by atoms with van der Waals surface area (Å²) in [6, 6.07) is 7.03. The molecule has 0 aliphatic carbocycles. The first-order valence-corrected chi connectivity index (χ1v) is 12.4. The van der Waals surface area contributed by atoms with Crippen LogP contribution in [0.4, 0.5) is 5.69 Å². The number of benzene rings is 1. The molecule has 1 amide bonds. The van der Waals surface area contributed by atoms with Crippen molar-refractivity contribution in [2.45, 2.75) is 51.2 Å². The molecule has 2 aromatic heterocycles. The summed E-state index contributed by atoms with van der Waals surface area (Å²) in [7, 11) is 1.97. The van der Waals surface area contributed by atoms with E-state index in [2.05, 4.69) is 39.1 Å². The van der Waals surface area contributed by atoms with Crippen LogP contribution in [0, 0.1) is 0 Å². The zero-order chi connectivity index (χ0) is 23.1. The lowest BCUT2D eigenvalue weighted by Gasteiger charge is -2.28. The van der Waals surface area contributed by atoms with Crippen molar-refractivity contribution in [1.29, 1.82) is 0 Å². The minimum atomic E-state index is 0.377. The Morgan fingerprint density at radius 2 is 1.97 bits per heavy atom. The molecular formula is C26H32N6O2. The van der Waals surface area contributed by atoms with E-state index in [-0.39, 0.29) is 0 Å². The summed E-state index contributed by atoms with van der Waals surface area (Å²) in [6.07, 6.45) is 10.00. The molecule has 5 heterocycles. The predicted molar refractivity (Wildman–Crippen MR) is 130 cm³/mol. The number of hydrogen-bond donors (Lipinski definition) is 0. The van der Waals surface area contributed by atoms with Gasteiger partial charge in [-0.05, 0) is 36.8 Å². The molecule has 3 aliphatic heterocycles. The van der Waals surface area contributed by atoms with Gasteiger partial charge in [-0.25, -0.2) is 0 Å². The number of carbonyl (C=O) groups excluding carboxylic acids is 1. The number of rotatable bonds is 4. The lowest BCUT2D eigenvalue weighted by molar-refractivity contribution is -0.118. The number of nitrogens with zero attached hydrogens (tertiary/aromatic N) is 6. The van der Waals surface area contributed by atoms with Gasteiger partial charge in [-0.1, -0.05) is 18.2 Å². The molecule has 8 nitrogen and oxygen atoms in total. The average molecular weight is 461 g/mol. The third-order valence-electron chi connectivity index (χ3n) is 7.60. The van der Waals surface area contributed by atoms with E-state index < -0.39 is 0 Å². The fourth-order valence-electron chi connectivity index (χ4n) is 5.83. The fourth-order valence-corrected chi connectivity index (χ4v) is 5.83. The van der Waals surface area contributed by atoms with Gasteiger partial charge in [0.15, 0.2) is 0 Å². The minimum Gasteiger partial charge on any atom is -0.381 e. The first kappa shape index (κ1) is 21.4. The molecule has 34 heavy (non-hydrogen) atoms. The Hall–Kier alpha value is -3.13. The predicted octanol–water partition coefficient (Wildman–Crippen LogP) is 3.10. The van der Waals surface area contributed by atoms with Crippen molar-refractivity contribution in [2.75, 3.05) is 31.2 Å². The van der Waals surface area contributed by atoms with Gasteiger partial charge in [0, 0.05) is 75.9 Å². The van der Waals surface area contributed by atoms with E-state index in [1.807, 2.05) is 22.8 Å². The van der Waals surface area contributed by atoms with Gasteiger partial charge in [-0.3, -0.25) is 14.2 Å². The molecular weight excluding hydrogens is 428 g/mol. The molecule has 6 rings (SSSR count). The van der Waals surface area contributed by atoms with Crippen LogP contribution >= 0.6 is 0 Å². The lowest BCUT2D eigenvalue weighted by atomic mass is 9.92. The highest BCUT2D eigenvalue weighted by atomic mass is 16.5. The second-order valence-corrected chi connectivity index (χ2v) is 9.73. The number of anilines is 1. The third kappa shape index (κ3) is 3.79. The van der Waals surface area contributed by atoms with Crippen LogP contribution in [0.5, 0.6) is 0 Å². The molecule has 3 aromatic rings. The standard InChI is InChI=1S/C26H32N6O2/c1-29-16-21(14-27-29)31-10-3-6-22-19(15-31)4-2-5-23(22)26-24-17-30(18-33)11-7-25(24)32(28-26)20-8-12-34-13-9-20/h2,4-5,14,16,18,20H,3,6-13,15,17H2,1H3. The molecule has 1 aromatic carbocycles.